The van der Waals surface area contributed by atoms with Crippen molar-refractivity contribution in [1.29, 1.82) is 0 Å². The maximum absolute atomic E-state index is 13.0. The molecule has 25 heavy (non-hydrogen) atoms. The second-order valence-electron chi connectivity index (χ2n) is 5.08. The van der Waals surface area contributed by atoms with E-state index in [4.69, 9.17) is 0 Å². The molecule has 6 nitrogen and oxygen atoms in total. The summed E-state index contributed by atoms with van der Waals surface area (Å²) in [6, 6.07) is 15.2. The van der Waals surface area contributed by atoms with Crippen LogP contribution in [0.5, 0.6) is 0 Å². The Hall–Kier alpha value is -2.71. The SMILES string of the molecule is O=S(=O)(C1=C(S(=O)(=O)c2ccccc2)NN=CC=C1)c1ccccc1. The third-order valence-electron chi connectivity index (χ3n) is 3.46. The van der Waals surface area contributed by atoms with Crippen LogP contribution in [0.1, 0.15) is 0 Å². The molecule has 8 heteroatoms. The van der Waals surface area contributed by atoms with Crippen LogP contribution >= 0.6 is 0 Å². The number of hydrogen-bond donors (Lipinski definition) is 1. The zero-order chi connectivity index (χ0) is 17.9. The van der Waals surface area contributed by atoms with Gasteiger partial charge >= 0.3 is 0 Å². The molecule has 128 valence electrons. The van der Waals surface area contributed by atoms with Crippen LogP contribution in [-0.2, 0) is 19.7 Å². The maximum atomic E-state index is 13.0. The molecule has 0 saturated carbocycles. The summed E-state index contributed by atoms with van der Waals surface area (Å²) >= 11 is 0. The molecule has 0 amide bonds. The molecule has 0 aliphatic carbocycles. The van der Waals surface area contributed by atoms with E-state index >= 15 is 0 Å². The fourth-order valence-corrected chi connectivity index (χ4v) is 5.48. The molecule has 1 aliphatic rings. The number of allylic oxidation sites excluding steroid dienone is 2. The predicted octanol–water partition coefficient (Wildman–Crippen LogP) is 2.25. The van der Waals surface area contributed by atoms with E-state index in [1.165, 1.54) is 42.6 Å². The number of nitrogens with one attached hydrogen (secondary N) is 1. The van der Waals surface area contributed by atoms with Gasteiger partial charge < -0.3 is 0 Å². The average Bonchev–Trinajstić information content (AvgIpc) is 2.90. The van der Waals surface area contributed by atoms with E-state index in [-0.39, 0.29) is 14.7 Å². The summed E-state index contributed by atoms with van der Waals surface area (Å²) in [6.07, 6.45) is 3.88. The Morgan fingerprint density at radius 2 is 1.24 bits per heavy atom. The molecular formula is C17H14N2O4S2. The van der Waals surface area contributed by atoms with Crippen LogP contribution in [0.15, 0.2) is 97.6 Å². The van der Waals surface area contributed by atoms with Gasteiger partial charge in [-0.3, -0.25) is 5.43 Å². The number of sulfone groups is 2. The first-order chi connectivity index (χ1) is 11.9. The number of hydrogen-bond acceptors (Lipinski definition) is 6. The standard InChI is InChI=1S/C17H14N2O4S2/c20-24(21,14-8-3-1-4-9-14)16-12-7-13-18-19-17(16)25(22,23)15-10-5-2-6-11-15/h1-13,19H. The summed E-state index contributed by atoms with van der Waals surface area (Å²) < 4.78 is 51.8. The highest BCUT2D eigenvalue weighted by Crippen LogP contribution is 2.28. The van der Waals surface area contributed by atoms with E-state index < -0.39 is 24.7 Å². The number of rotatable bonds is 4. The summed E-state index contributed by atoms with van der Waals surface area (Å²) in [7, 11) is -8.16. The summed E-state index contributed by atoms with van der Waals surface area (Å²) in [6.45, 7) is 0. The maximum Gasteiger partial charge on any atom is 0.224 e. The second-order valence-corrected chi connectivity index (χ2v) is 8.88. The van der Waals surface area contributed by atoms with Crippen molar-refractivity contribution < 1.29 is 16.8 Å². The van der Waals surface area contributed by atoms with Crippen molar-refractivity contribution in [1.82, 2.24) is 5.43 Å². The molecular weight excluding hydrogens is 360 g/mol. The van der Waals surface area contributed by atoms with Crippen molar-refractivity contribution >= 4 is 25.9 Å². The zero-order valence-electron chi connectivity index (χ0n) is 12.9. The van der Waals surface area contributed by atoms with Crippen molar-refractivity contribution in [3.8, 4) is 0 Å². The number of hydrazone groups is 1. The van der Waals surface area contributed by atoms with Crippen LogP contribution in [0.3, 0.4) is 0 Å². The first kappa shape index (κ1) is 17.1. The Morgan fingerprint density at radius 3 is 1.80 bits per heavy atom. The largest absolute Gasteiger partial charge is 0.266 e. The third-order valence-corrected chi connectivity index (χ3v) is 7.15. The molecule has 0 aromatic heterocycles. The lowest BCUT2D eigenvalue weighted by atomic mass is 10.4. The topological polar surface area (TPSA) is 92.7 Å². The number of benzene rings is 2. The molecule has 1 N–H and O–H groups in total. The average molecular weight is 374 g/mol. The van der Waals surface area contributed by atoms with Gasteiger partial charge in [-0.05, 0) is 36.4 Å². The highest BCUT2D eigenvalue weighted by atomic mass is 32.2. The van der Waals surface area contributed by atoms with E-state index in [1.54, 1.807) is 36.4 Å². The van der Waals surface area contributed by atoms with Crippen LogP contribution in [0.2, 0.25) is 0 Å². The van der Waals surface area contributed by atoms with Gasteiger partial charge in [0.2, 0.25) is 19.7 Å². The molecule has 0 spiro atoms. The Bertz CT molecular complexity index is 1070. The Labute approximate surface area is 146 Å². The van der Waals surface area contributed by atoms with Gasteiger partial charge in [0, 0.05) is 6.21 Å². The van der Waals surface area contributed by atoms with Gasteiger partial charge in [0.15, 0.2) is 5.03 Å². The van der Waals surface area contributed by atoms with Crippen molar-refractivity contribution in [2.45, 2.75) is 9.79 Å². The van der Waals surface area contributed by atoms with Crippen LogP contribution in [-0.4, -0.2) is 23.1 Å². The smallest absolute Gasteiger partial charge is 0.224 e. The van der Waals surface area contributed by atoms with Crippen LogP contribution < -0.4 is 5.43 Å². The van der Waals surface area contributed by atoms with Gasteiger partial charge in [0.1, 0.15) is 4.91 Å². The van der Waals surface area contributed by atoms with E-state index in [2.05, 4.69) is 10.5 Å². The van der Waals surface area contributed by atoms with Crippen molar-refractivity contribution in [2.24, 2.45) is 5.10 Å². The summed E-state index contributed by atoms with van der Waals surface area (Å²) in [5.74, 6) is 0. The molecule has 1 heterocycles. The monoisotopic (exact) mass is 374 g/mol. The minimum Gasteiger partial charge on any atom is -0.266 e. The van der Waals surface area contributed by atoms with Gasteiger partial charge in [-0.2, -0.15) is 5.10 Å². The molecule has 0 bridgehead atoms. The quantitative estimate of drug-likeness (QED) is 0.886. The highest BCUT2D eigenvalue weighted by molar-refractivity contribution is 7.99. The summed E-state index contributed by atoms with van der Waals surface area (Å²) in [5.41, 5.74) is 2.37. The molecule has 2 aromatic carbocycles. The van der Waals surface area contributed by atoms with Gasteiger partial charge in [-0.15, -0.1) is 0 Å². The Morgan fingerprint density at radius 1 is 0.720 bits per heavy atom. The van der Waals surface area contributed by atoms with Crippen LogP contribution in [0.25, 0.3) is 0 Å². The second kappa shape index (κ2) is 6.66. The molecule has 0 radical (unpaired) electrons. The molecule has 0 fully saturated rings. The highest BCUT2D eigenvalue weighted by Gasteiger charge is 2.31. The fraction of sp³-hybridized carbons (Fsp3) is 0. The van der Waals surface area contributed by atoms with Crippen molar-refractivity contribution in [2.75, 3.05) is 0 Å². The lowest BCUT2D eigenvalue weighted by Crippen LogP contribution is -2.21. The lowest BCUT2D eigenvalue weighted by Gasteiger charge is -2.13. The molecule has 2 aromatic rings. The van der Waals surface area contributed by atoms with Gasteiger partial charge in [-0.1, -0.05) is 36.4 Å². The van der Waals surface area contributed by atoms with Crippen molar-refractivity contribution in [3.63, 3.8) is 0 Å². The van der Waals surface area contributed by atoms with Gasteiger partial charge in [0.25, 0.3) is 0 Å². The predicted molar refractivity (Wildman–Crippen MR) is 95.0 cm³/mol. The fourth-order valence-electron chi connectivity index (χ4n) is 2.25. The zero-order valence-corrected chi connectivity index (χ0v) is 14.5. The minimum atomic E-state index is -4.10. The molecule has 0 unspecified atom stereocenters. The van der Waals surface area contributed by atoms with Gasteiger partial charge in [0.05, 0.1) is 9.79 Å². The van der Waals surface area contributed by atoms with Crippen LogP contribution in [0, 0.1) is 0 Å². The third kappa shape index (κ3) is 3.26. The molecule has 1 aliphatic heterocycles. The Kier molecular flexibility index (Phi) is 4.56. The van der Waals surface area contributed by atoms with E-state index in [1.807, 2.05) is 0 Å². The van der Waals surface area contributed by atoms with E-state index in [0.717, 1.165) is 0 Å². The number of nitrogens with zero attached hydrogens (tertiary/aromatic N) is 1. The van der Waals surface area contributed by atoms with E-state index in [9.17, 15) is 16.8 Å². The van der Waals surface area contributed by atoms with E-state index in [0.29, 0.717) is 0 Å². The molecule has 0 saturated heterocycles. The first-order valence-electron chi connectivity index (χ1n) is 7.24. The Balaban J connectivity index is 2.27. The summed E-state index contributed by atoms with van der Waals surface area (Å²) in [5, 5.41) is 3.26. The first-order valence-corrected chi connectivity index (χ1v) is 10.2. The normalized spacial score (nSPS) is 14.9. The van der Waals surface area contributed by atoms with Gasteiger partial charge in [-0.25, -0.2) is 16.8 Å². The summed E-state index contributed by atoms with van der Waals surface area (Å²) in [4.78, 5) is -0.386. The van der Waals surface area contributed by atoms with Crippen molar-refractivity contribution in [3.05, 3.63) is 82.7 Å². The van der Waals surface area contributed by atoms with Crippen LogP contribution in [0.4, 0.5) is 0 Å². The lowest BCUT2D eigenvalue weighted by molar-refractivity contribution is 0.593. The molecule has 3 rings (SSSR count). The molecule has 0 atom stereocenters. The minimum absolute atomic E-state index is 0.000823.